The van der Waals surface area contributed by atoms with Gasteiger partial charge in [0.25, 0.3) is 0 Å². The maximum Gasteiger partial charge on any atom is 0.205 e. The van der Waals surface area contributed by atoms with Gasteiger partial charge in [-0.1, -0.05) is 0 Å². The van der Waals surface area contributed by atoms with Crippen molar-refractivity contribution in [2.75, 3.05) is 0 Å². The average molecular weight is 210 g/mol. The summed E-state index contributed by atoms with van der Waals surface area (Å²) in [5.41, 5.74) is 0.284. The molecule has 0 bridgehead atoms. The van der Waals surface area contributed by atoms with Crippen molar-refractivity contribution in [1.29, 1.82) is 0 Å². The Morgan fingerprint density at radius 3 is 2.40 bits per heavy atom. The molecule has 0 spiro atoms. The second kappa shape index (κ2) is 3.72. The summed E-state index contributed by atoms with van der Waals surface area (Å²) in [7, 11) is 0. The van der Waals surface area contributed by atoms with Gasteiger partial charge in [0.05, 0.1) is 6.54 Å². The van der Waals surface area contributed by atoms with Crippen molar-refractivity contribution < 1.29 is 8.78 Å². The topological polar surface area (TPSA) is 43.6 Å². The smallest absolute Gasteiger partial charge is 0.205 e. The molecule has 0 saturated heterocycles. The van der Waals surface area contributed by atoms with Crippen LogP contribution >= 0.6 is 0 Å². The van der Waals surface area contributed by atoms with Crippen LogP contribution in [-0.2, 0) is 6.54 Å². The summed E-state index contributed by atoms with van der Waals surface area (Å²) < 4.78 is 25.8. The summed E-state index contributed by atoms with van der Waals surface area (Å²) >= 11 is 0. The first-order valence-electron chi connectivity index (χ1n) is 4.43. The van der Waals surface area contributed by atoms with Gasteiger partial charge in [-0.15, -0.1) is 10.2 Å². The summed E-state index contributed by atoms with van der Waals surface area (Å²) in [6.07, 6.45) is 0. The van der Waals surface area contributed by atoms with Gasteiger partial charge in [-0.2, -0.15) is 4.80 Å². The van der Waals surface area contributed by atoms with E-state index in [1.54, 1.807) is 0 Å². The number of aryl methyl sites for hydroxylation is 1. The summed E-state index contributed by atoms with van der Waals surface area (Å²) in [4.78, 5) is 1.35. The first-order chi connectivity index (χ1) is 7.19. The third kappa shape index (κ3) is 1.98. The molecule has 0 unspecified atom stereocenters. The molecule has 0 radical (unpaired) electrons. The van der Waals surface area contributed by atoms with E-state index >= 15 is 0 Å². The molecule has 0 atom stereocenters. The average Bonchev–Trinajstić information content (AvgIpc) is 2.64. The molecule has 0 aliphatic rings. The van der Waals surface area contributed by atoms with Crippen LogP contribution in [0, 0.1) is 11.6 Å². The maximum absolute atomic E-state index is 12.9. The van der Waals surface area contributed by atoms with E-state index in [0.29, 0.717) is 6.54 Å². The van der Waals surface area contributed by atoms with Crippen molar-refractivity contribution in [3.63, 3.8) is 0 Å². The maximum atomic E-state index is 12.9. The molecule has 0 saturated carbocycles. The van der Waals surface area contributed by atoms with Gasteiger partial charge >= 0.3 is 0 Å². The Labute approximate surface area is 84.5 Å². The summed E-state index contributed by atoms with van der Waals surface area (Å²) in [5, 5.41) is 11.3. The molecule has 6 heteroatoms. The molecule has 2 aromatic rings. The molecule has 0 aliphatic carbocycles. The SMILES string of the molecule is CCn1nnc(-c2cc(F)cc(F)c2)n1. The number of tetrazole rings is 1. The lowest BCUT2D eigenvalue weighted by atomic mass is 10.2. The minimum atomic E-state index is -0.655. The van der Waals surface area contributed by atoms with Crippen LogP contribution < -0.4 is 0 Å². The Bertz CT molecular complexity index is 460. The quantitative estimate of drug-likeness (QED) is 0.756. The van der Waals surface area contributed by atoms with Gasteiger partial charge < -0.3 is 0 Å². The van der Waals surface area contributed by atoms with Crippen LogP contribution in [0.4, 0.5) is 8.78 Å². The second-order valence-corrected chi connectivity index (χ2v) is 2.96. The highest BCUT2D eigenvalue weighted by Crippen LogP contribution is 2.16. The third-order valence-corrected chi connectivity index (χ3v) is 1.86. The van der Waals surface area contributed by atoms with Gasteiger partial charge in [-0.3, -0.25) is 0 Å². The van der Waals surface area contributed by atoms with Crippen LogP contribution in [0.2, 0.25) is 0 Å². The molecule has 0 aliphatic heterocycles. The Balaban J connectivity index is 2.44. The highest BCUT2D eigenvalue weighted by atomic mass is 19.1. The van der Waals surface area contributed by atoms with Crippen molar-refractivity contribution in [2.45, 2.75) is 13.5 Å². The lowest BCUT2D eigenvalue weighted by molar-refractivity contribution is 0.552. The standard InChI is InChI=1S/C9H8F2N4/c1-2-15-13-9(12-14-15)6-3-7(10)5-8(11)4-6/h3-5H,2H2,1H3. The fraction of sp³-hybridized carbons (Fsp3) is 0.222. The molecule has 1 heterocycles. The van der Waals surface area contributed by atoms with Crippen molar-refractivity contribution >= 4 is 0 Å². The minimum absolute atomic E-state index is 0.218. The van der Waals surface area contributed by atoms with Gasteiger partial charge in [0.1, 0.15) is 11.6 Å². The monoisotopic (exact) mass is 210 g/mol. The van der Waals surface area contributed by atoms with Gasteiger partial charge in [-0.25, -0.2) is 8.78 Å². The Morgan fingerprint density at radius 2 is 1.87 bits per heavy atom. The van der Waals surface area contributed by atoms with E-state index in [-0.39, 0.29) is 11.4 Å². The highest BCUT2D eigenvalue weighted by molar-refractivity contribution is 5.53. The van der Waals surface area contributed by atoms with E-state index in [9.17, 15) is 8.78 Å². The highest BCUT2D eigenvalue weighted by Gasteiger charge is 2.08. The number of rotatable bonds is 2. The van der Waals surface area contributed by atoms with Crippen molar-refractivity contribution in [3.05, 3.63) is 29.8 Å². The number of aromatic nitrogens is 4. The van der Waals surface area contributed by atoms with E-state index in [1.165, 1.54) is 16.9 Å². The van der Waals surface area contributed by atoms with Crippen LogP contribution in [0.1, 0.15) is 6.92 Å². The second-order valence-electron chi connectivity index (χ2n) is 2.96. The van der Waals surface area contributed by atoms with Crippen LogP contribution in [0.15, 0.2) is 18.2 Å². The fourth-order valence-corrected chi connectivity index (χ4v) is 1.18. The lowest BCUT2D eigenvalue weighted by Gasteiger charge is -1.95. The molecule has 0 amide bonds. The van der Waals surface area contributed by atoms with Gasteiger partial charge in [0, 0.05) is 11.6 Å². The zero-order valence-corrected chi connectivity index (χ0v) is 7.98. The van der Waals surface area contributed by atoms with E-state index in [4.69, 9.17) is 0 Å². The molecule has 0 fully saturated rings. The number of benzene rings is 1. The molecular weight excluding hydrogens is 202 g/mol. The first kappa shape index (κ1) is 9.70. The predicted molar refractivity (Wildman–Crippen MR) is 48.8 cm³/mol. The molecule has 78 valence electrons. The zero-order valence-electron chi connectivity index (χ0n) is 7.98. The molecule has 2 rings (SSSR count). The third-order valence-electron chi connectivity index (χ3n) is 1.86. The van der Waals surface area contributed by atoms with Crippen LogP contribution in [0.3, 0.4) is 0 Å². The molecule has 4 nitrogen and oxygen atoms in total. The summed E-state index contributed by atoms with van der Waals surface area (Å²) in [6, 6.07) is 3.13. The molecule has 15 heavy (non-hydrogen) atoms. The number of hydrogen-bond donors (Lipinski definition) is 0. The first-order valence-corrected chi connectivity index (χ1v) is 4.43. The van der Waals surface area contributed by atoms with Crippen molar-refractivity contribution in [3.8, 4) is 11.4 Å². The minimum Gasteiger partial charge on any atom is -0.207 e. The Morgan fingerprint density at radius 1 is 1.20 bits per heavy atom. The summed E-state index contributed by atoms with van der Waals surface area (Å²) in [5.74, 6) is -1.09. The largest absolute Gasteiger partial charge is 0.207 e. The van der Waals surface area contributed by atoms with E-state index in [0.717, 1.165) is 6.07 Å². The molecule has 0 N–H and O–H groups in total. The molecule has 1 aromatic heterocycles. The van der Waals surface area contributed by atoms with E-state index in [1.807, 2.05) is 6.92 Å². The van der Waals surface area contributed by atoms with Crippen molar-refractivity contribution in [2.24, 2.45) is 0 Å². The van der Waals surface area contributed by atoms with Gasteiger partial charge in [0.2, 0.25) is 5.82 Å². The fourth-order valence-electron chi connectivity index (χ4n) is 1.18. The Kier molecular flexibility index (Phi) is 2.40. The van der Waals surface area contributed by atoms with Crippen LogP contribution in [0.25, 0.3) is 11.4 Å². The van der Waals surface area contributed by atoms with Crippen molar-refractivity contribution in [1.82, 2.24) is 20.2 Å². The van der Waals surface area contributed by atoms with Gasteiger partial charge in [0.15, 0.2) is 0 Å². The van der Waals surface area contributed by atoms with Gasteiger partial charge in [-0.05, 0) is 24.3 Å². The lowest BCUT2D eigenvalue weighted by Crippen LogP contribution is -1.98. The zero-order chi connectivity index (χ0) is 10.8. The number of hydrogen-bond acceptors (Lipinski definition) is 3. The normalized spacial score (nSPS) is 10.6. The van der Waals surface area contributed by atoms with E-state index in [2.05, 4.69) is 15.4 Å². The Hall–Kier alpha value is -1.85. The molecular formula is C9H8F2N4. The molecule has 1 aromatic carbocycles. The van der Waals surface area contributed by atoms with Crippen LogP contribution in [0.5, 0.6) is 0 Å². The predicted octanol–water partition coefficient (Wildman–Crippen LogP) is 1.64. The number of nitrogens with zero attached hydrogens (tertiary/aromatic N) is 4. The summed E-state index contributed by atoms with van der Waals surface area (Å²) in [6.45, 7) is 2.41. The van der Waals surface area contributed by atoms with E-state index < -0.39 is 11.6 Å². The number of halogens is 2. The van der Waals surface area contributed by atoms with Crippen LogP contribution in [-0.4, -0.2) is 20.2 Å².